The number of esters is 1. The fraction of sp³-hybridized carbons (Fsp3) is 0.333. The van der Waals surface area contributed by atoms with Gasteiger partial charge in [0.1, 0.15) is 11.1 Å². The summed E-state index contributed by atoms with van der Waals surface area (Å²) >= 11 is 0. The highest BCUT2D eigenvalue weighted by Gasteiger charge is 2.67. The zero-order chi connectivity index (χ0) is 24.8. The number of benzene rings is 3. The zero-order valence-corrected chi connectivity index (χ0v) is 20.8. The van der Waals surface area contributed by atoms with Crippen LogP contribution in [0.4, 0.5) is 0 Å². The van der Waals surface area contributed by atoms with Gasteiger partial charge in [0, 0.05) is 39.9 Å². The molecule has 3 aromatic carbocycles. The minimum Gasteiger partial charge on any atom is -0.468 e. The summed E-state index contributed by atoms with van der Waals surface area (Å²) in [5.41, 5.74) is 3.26. The quantitative estimate of drug-likeness (QED) is 0.278. The molecule has 3 aliphatic rings. The monoisotopic (exact) mass is 478 g/mol. The summed E-state index contributed by atoms with van der Waals surface area (Å²) < 4.78 is 17.1. The minimum atomic E-state index is -1.01. The number of fused-ring (bicyclic) bond motifs is 13. The second kappa shape index (κ2) is 6.01. The maximum Gasteiger partial charge on any atom is 0.316 e. The molecule has 6 nitrogen and oxygen atoms in total. The normalized spacial score (nSPS) is 28.6. The molecule has 2 aliphatic heterocycles. The molecule has 0 saturated carbocycles. The van der Waals surface area contributed by atoms with Crippen LogP contribution in [0.25, 0.3) is 43.6 Å². The van der Waals surface area contributed by atoms with E-state index in [-0.39, 0.29) is 11.8 Å². The molecule has 4 heterocycles. The highest BCUT2D eigenvalue weighted by molar-refractivity contribution is 6.31. The minimum absolute atomic E-state index is 0.206. The summed E-state index contributed by atoms with van der Waals surface area (Å²) in [7, 11) is 1.45. The van der Waals surface area contributed by atoms with Crippen LogP contribution < -0.4 is 0 Å². The molecule has 6 heteroatoms. The van der Waals surface area contributed by atoms with Crippen LogP contribution in [-0.4, -0.2) is 28.0 Å². The number of aryl methyl sites for hydroxylation is 1. The largest absolute Gasteiger partial charge is 0.468 e. The molecule has 1 aliphatic carbocycles. The van der Waals surface area contributed by atoms with E-state index in [0.29, 0.717) is 12.8 Å². The molecule has 2 bridgehead atoms. The van der Waals surface area contributed by atoms with E-state index in [1.807, 2.05) is 38.1 Å². The van der Waals surface area contributed by atoms with E-state index in [9.17, 15) is 9.59 Å². The Hall–Kier alpha value is -3.64. The molecule has 5 aromatic rings. The Morgan fingerprint density at radius 2 is 1.50 bits per heavy atom. The highest BCUT2D eigenvalue weighted by atomic mass is 16.6. The van der Waals surface area contributed by atoms with Crippen molar-refractivity contribution >= 4 is 55.4 Å². The standard InChI is InChI=1S/C30H26N2O4/c1-28(27(34)35-4)15-29(2)31-19-11-7-6-10-17(19)24-23-18(13-14-21(23)33)22-16-9-5-8-12-20(16)32(25(22)26(24)31)30(28,3)36-29/h5-12H,13-15H2,1-4H3/t28-,29-,30+/m1/s1. The Morgan fingerprint density at radius 1 is 0.889 bits per heavy atom. The van der Waals surface area contributed by atoms with Gasteiger partial charge in [-0.1, -0.05) is 36.4 Å². The van der Waals surface area contributed by atoms with Crippen molar-refractivity contribution in [2.75, 3.05) is 7.11 Å². The fourth-order valence-electron chi connectivity index (χ4n) is 7.92. The van der Waals surface area contributed by atoms with Crippen LogP contribution in [0.2, 0.25) is 0 Å². The molecule has 3 atom stereocenters. The third kappa shape index (κ3) is 1.93. The summed E-state index contributed by atoms with van der Waals surface area (Å²) in [4.78, 5) is 27.0. The van der Waals surface area contributed by atoms with Crippen molar-refractivity contribution in [1.82, 2.24) is 9.13 Å². The Morgan fingerprint density at radius 3 is 2.19 bits per heavy atom. The van der Waals surface area contributed by atoms with Gasteiger partial charge in [0.05, 0.1) is 29.2 Å². The number of para-hydroxylation sites is 2. The summed E-state index contributed by atoms with van der Waals surface area (Å²) in [6.45, 7) is 6.07. The van der Waals surface area contributed by atoms with Gasteiger partial charge in [0.15, 0.2) is 11.5 Å². The van der Waals surface area contributed by atoms with E-state index in [0.717, 1.165) is 61.2 Å². The first-order chi connectivity index (χ1) is 17.2. The summed E-state index contributed by atoms with van der Waals surface area (Å²) in [5, 5.41) is 4.26. The van der Waals surface area contributed by atoms with Gasteiger partial charge >= 0.3 is 5.97 Å². The van der Waals surface area contributed by atoms with Crippen molar-refractivity contribution in [2.45, 2.75) is 51.5 Å². The lowest BCUT2D eigenvalue weighted by atomic mass is 9.76. The molecule has 1 saturated heterocycles. The number of rotatable bonds is 1. The van der Waals surface area contributed by atoms with Gasteiger partial charge in [-0.05, 0) is 44.9 Å². The van der Waals surface area contributed by atoms with E-state index in [1.165, 1.54) is 7.11 Å². The molecule has 1 fully saturated rings. The van der Waals surface area contributed by atoms with E-state index in [4.69, 9.17) is 9.47 Å². The highest BCUT2D eigenvalue weighted by Crippen LogP contribution is 2.63. The van der Waals surface area contributed by atoms with E-state index in [2.05, 4.69) is 40.3 Å². The molecule has 0 spiro atoms. The van der Waals surface area contributed by atoms with Crippen molar-refractivity contribution < 1.29 is 19.1 Å². The average molecular weight is 479 g/mol. The Balaban J connectivity index is 1.76. The molecule has 8 rings (SSSR count). The van der Waals surface area contributed by atoms with Crippen molar-refractivity contribution in [3.05, 3.63) is 59.7 Å². The van der Waals surface area contributed by atoms with Crippen LogP contribution in [0.15, 0.2) is 48.5 Å². The number of hydrogen-bond donors (Lipinski definition) is 0. The molecule has 0 amide bonds. The number of methoxy groups -OCH3 is 1. The molecule has 2 aromatic heterocycles. The van der Waals surface area contributed by atoms with Gasteiger partial charge in [-0.25, -0.2) is 0 Å². The number of ether oxygens (including phenoxy) is 2. The molecule has 0 radical (unpaired) electrons. The second-order valence-electron chi connectivity index (χ2n) is 11.2. The lowest BCUT2D eigenvalue weighted by Crippen LogP contribution is -2.48. The second-order valence-corrected chi connectivity index (χ2v) is 11.2. The third-order valence-corrected chi connectivity index (χ3v) is 9.37. The van der Waals surface area contributed by atoms with Gasteiger partial charge in [0.25, 0.3) is 0 Å². The zero-order valence-electron chi connectivity index (χ0n) is 20.8. The van der Waals surface area contributed by atoms with Crippen LogP contribution >= 0.6 is 0 Å². The van der Waals surface area contributed by atoms with Crippen LogP contribution in [0.3, 0.4) is 0 Å². The maximum atomic E-state index is 13.5. The predicted octanol–water partition coefficient (Wildman–Crippen LogP) is 5.99. The number of nitrogens with zero attached hydrogens (tertiary/aromatic N) is 2. The third-order valence-electron chi connectivity index (χ3n) is 9.37. The first kappa shape index (κ1) is 20.5. The van der Waals surface area contributed by atoms with Gasteiger partial charge in [-0.3, -0.25) is 9.59 Å². The number of hydrogen-bond acceptors (Lipinski definition) is 4. The number of carbonyl (C=O) groups is 2. The molecular weight excluding hydrogens is 452 g/mol. The van der Waals surface area contributed by atoms with Crippen LogP contribution in [0, 0.1) is 5.41 Å². The fourth-order valence-corrected chi connectivity index (χ4v) is 7.92. The Labute approximate surface area is 207 Å². The first-order valence-electron chi connectivity index (χ1n) is 12.6. The van der Waals surface area contributed by atoms with Crippen molar-refractivity contribution in [1.29, 1.82) is 0 Å². The van der Waals surface area contributed by atoms with E-state index >= 15 is 0 Å². The maximum absolute atomic E-state index is 13.5. The van der Waals surface area contributed by atoms with Crippen LogP contribution in [0.1, 0.15) is 49.5 Å². The van der Waals surface area contributed by atoms with Gasteiger partial charge in [0.2, 0.25) is 0 Å². The molecule has 0 unspecified atom stereocenters. The number of aromatic nitrogens is 2. The molecule has 0 N–H and O–H groups in total. The SMILES string of the molecule is COC(=O)[C@@]1(C)C[C@@]2(C)O[C@]1(C)n1c3ccccc3c3c4c(c5c6ccccc6n2c5c31)C(=O)CC4. The van der Waals surface area contributed by atoms with Crippen LogP contribution in [-0.2, 0) is 32.1 Å². The first-order valence-corrected chi connectivity index (χ1v) is 12.6. The number of Topliss-reactive ketones (excluding diaryl/α,β-unsaturated/α-hetero) is 1. The van der Waals surface area contributed by atoms with Gasteiger partial charge in [-0.2, -0.15) is 0 Å². The molecular formula is C30H26N2O4. The average Bonchev–Trinajstić information content (AvgIpc) is 3.55. The predicted molar refractivity (Wildman–Crippen MR) is 138 cm³/mol. The summed E-state index contributed by atoms with van der Waals surface area (Å²) in [6, 6.07) is 16.6. The van der Waals surface area contributed by atoms with Gasteiger partial charge < -0.3 is 18.6 Å². The number of carbonyl (C=O) groups excluding carboxylic acids is 2. The number of ketones is 1. The van der Waals surface area contributed by atoms with Gasteiger partial charge in [-0.15, -0.1) is 0 Å². The smallest absolute Gasteiger partial charge is 0.316 e. The molecule has 180 valence electrons. The van der Waals surface area contributed by atoms with E-state index in [1.54, 1.807) is 0 Å². The lowest BCUT2D eigenvalue weighted by Gasteiger charge is -2.39. The van der Waals surface area contributed by atoms with Crippen molar-refractivity contribution in [2.24, 2.45) is 5.41 Å². The lowest BCUT2D eigenvalue weighted by molar-refractivity contribution is -0.195. The Bertz CT molecular complexity index is 1880. The van der Waals surface area contributed by atoms with Crippen molar-refractivity contribution in [3.8, 4) is 0 Å². The summed E-state index contributed by atoms with van der Waals surface area (Å²) in [6.07, 6.45) is 1.68. The van der Waals surface area contributed by atoms with Crippen LogP contribution in [0.5, 0.6) is 0 Å². The van der Waals surface area contributed by atoms with Crippen molar-refractivity contribution in [3.63, 3.8) is 0 Å². The Kier molecular flexibility index (Phi) is 3.43. The van der Waals surface area contributed by atoms with E-state index < -0.39 is 16.9 Å². The summed E-state index contributed by atoms with van der Waals surface area (Å²) in [5.74, 6) is -0.0788. The molecule has 36 heavy (non-hydrogen) atoms. The topological polar surface area (TPSA) is 62.5 Å².